The Balaban J connectivity index is 1.38. The van der Waals surface area contributed by atoms with Gasteiger partial charge in [-0.2, -0.15) is 0 Å². The van der Waals surface area contributed by atoms with E-state index in [-0.39, 0.29) is 5.41 Å². The Morgan fingerprint density at radius 2 is 1.85 bits per heavy atom. The molecule has 1 aromatic heterocycles. The maximum atomic E-state index is 11.5. The first kappa shape index (κ1) is 17.1. The smallest absolute Gasteiger partial charge is 0.229 e. The van der Waals surface area contributed by atoms with E-state index in [0.717, 1.165) is 13.1 Å². The first-order valence-electron chi connectivity index (χ1n) is 9.16. The lowest BCUT2D eigenvalue weighted by atomic mass is 9.92. The Kier molecular flexibility index (Phi) is 3.62. The summed E-state index contributed by atoms with van der Waals surface area (Å²) in [6, 6.07) is 16.5. The number of nitrogens with one attached hydrogen (secondary N) is 1. The molecule has 1 aliphatic carbocycles. The van der Waals surface area contributed by atoms with Crippen LogP contribution in [-0.2, 0) is 15.4 Å². The highest BCUT2D eigenvalue weighted by Crippen LogP contribution is 2.64. The van der Waals surface area contributed by atoms with Gasteiger partial charge in [0, 0.05) is 35.0 Å². The minimum atomic E-state index is -3.25. The van der Waals surface area contributed by atoms with E-state index in [0.29, 0.717) is 17.5 Å². The first-order valence-corrected chi connectivity index (χ1v) is 11.9. The number of sulfonamides is 1. The zero-order valence-corrected chi connectivity index (χ0v) is 17.0. The SMILES string of the molecule is CC1(c2cccc(NS(C)(=O)=O)c2)C2CN(c3scc4ccccc34)CC21. The maximum Gasteiger partial charge on any atom is 0.229 e. The highest BCUT2D eigenvalue weighted by atomic mass is 32.2. The lowest BCUT2D eigenvalue weighted by Gasteiger charge is -2.25. The predicted molar refractivity (Wildman–Crippen MR) is 113 cm³/mol. The third-order valence-electron chi connectivity index (χ3n) is 6.32. The molecule has 2 atom stereocenters. The fraction of sp³-hybridized carbons (Fsp3) is 0.333. The summed E-state index contributed by atoms with van der Waals surface area (Å²) in [6.45, 7) is 4.45. The van der Waals surface area contributed by atoms with Crippen LogP contribution in [0.3, 0.4) is 0 Å². The van der Waals surface area contributed by atoms with Crippen LogP contribution in [0.2, 0.25) is 0 Å². The van der Waals surface area contributed by atoms with Crippen molar-refractivity contribution in [3.63, 3.8) is 0 Å². The Labute approximate surface area is 163 Å². The molecule has 2 fully saturated rings. The number of piperidine rings is 1. The second kappa shape index (κ2) is 5.72. The van der Waals surface area contributed by atoms with Crippen LogP contribution >= 0.6 is 11.3 Å². The molecule has 4 nitrogen and oxygen atoms in total. The molecule has 1 N–H and O–H groups in total. The molecule has 2 aromatic carbocycles. The Bertz CT molecular complexity index is 1120. The van der Waals surface area contributed by atoms with Crippen LogP contribution in [0.4, 0.5) is 10.7 Å². The van der Waals surface area contributed by atoms with Crippen molar-refractivity contribution in [3.8, 4) is 0 Å². The minimum Gasteiger partial charge on any atom is -0.362 e. The highest BCUT2D eigenvalue weighted by molar-refractivity contribution is 7.92. The second-order valence-corrected chi connectivity index (χ2v) is 10.6. The number of rotatable bonds is 4. The third kappa shape index (κ3) is 2.74. The van der Waals surface area contributed by atoms with Crippen molar-refractivity contribution in [1.82, 2.24) is 0 Å². The first-order chi connectivity index (χ1) is 12.9. The van der Waals surface area contributed by atoms with Crippen LogP contribution in [0.15, 0.2) is 53.9 Å². The van der Waals surface area contributed by atoms with E-state index >= 15 is 0 Å². The molecule has 0 spiro atoms. The molecule has 1 aliphatic heterocycles. The van der Waals surface area contributed by atoms with Crippen molar-refractivity contribution in [1.29, 1.82) is 0 Å². The summed E-state index contributed by atoms with van der Waals surface area (Å²) in [5.74, 6) is 1.23. The van der Waals surface area contributed by atoms with Gasteiger partial charge in [0.2, 0.25) is 10.0 Å². The highest BCUT2D eigenvalue weighted by Gasteiger charge is 2.65. The topological polar surface area (TPSA) is 49.4 Å². The maximum absolute atomic E-state index is 11.5. The molecule has 140 valence electrons. The predicted octanol–water partition coefficient (Wildman–Crippen LogP) is 4.30. The monoisotopic (exact) mass is 398 g/mol. The summed E-state index contributed by atoms with van der Waals surface area (Å²) in [6.07, 6.45) is 1.19. The molecular formula is C21H22N2O2S2. The van der Waals surface area contributed by atoms with Crippen LogP contribution in [0.25, 0.3) is 10.8 Å². The van der Waals surface area contributed by atoms with Crippen molar-refractivity contribution in [3.05, 3.63) is 59.5 Å². The fourth-order valence-electron chi connectivity index (χ4n) is 4.83. The van der Waals surface area contributed by atoms with Gasteiger partial charge in [-0.3, -0.25) is 4.72 Å². The molecule has 1 saturated carbocycles. The quantitative estimate of drug-likeness (QED) is 0.713. The van der Waals surface area contributed by atoms with E-state index < -0.39 is 10.0 Å². The van der Waals surface area contributed by atoms with Gasteiger partial charge < -0.3 is 4.90 Å². The van der Waals surface area contributed by atoms with Crippen molar-refractivity contribution in [2.45, 2.75) is 12.3 Å². The minimum absolute atomic E-state index is 0.138. The Morgan fingerprint density at radius 1 is 1.11 bits per heavy atom. The summed E-state index contributed by atoms with van der Waals surface area (Å²) in [5, 5.41) is 6.30. The van der Waals surface area contributed by atoms with E-state index in [1.807, 2.05) is 29.5 Å². The number of nitrogens with zero attached hydrogens (tertiary/aromatic N) is 1. The molecule has 27 heavy (non-hydrogen) atoms. The van der Waals surface area contributed by atoms with Crippen LogP contribution in [0.5, 0.6) is 0 Å². The van der Waals surface area contributed by atoms with Crippen molar-refractivity contribution in [2.75, 3.05) is 29.0 Å². The summed E-state index contributed by atoms with van der Waals surface area (Å²) < 4.78 is 25.7. The zero-order chi connectivity index (χ0) is 18.8. The number of benzene rings is 2. The van der Waals surface area contributed by atoms with Gasteiger partial charge in [-0.1, -0.05) is 43.3 Å². The molecule has 2 aliphatic rings. The largest absolute Gasteiger partial charge is 0.362 e. The molecule has 3 aromatic rings. The van der Waals surface area contributed by atoms with E-state index in [2.05, 4.69) is 52.3 Å². The molecular weight excluding hydrogens is 376 g/mol. The van der Waals surface area contributed by atoms with Crippen LogP contribution in [0.1, 0.15) is 12.5 Å². The summed E-state index contributed by atoms with van der Waals surface area (Å²) in [7, 11) is -3.25. The molecule has 1 saturated heterocycles. The number of thiophene rings is 1. The van der Waals surface area contributed by atoms with E-state index in [9.17, 15) is 8.42 Å². The molecule has 2 unspecified atom stereocenters. The van der Waals surface area contributed by atoms with Gasteiger partial charge in [0.15, 0.2) is 0 Å². The summed E-state index contributed by atoms with van der Waals surface area (Å²) >= 11 is 1.84. The van der Waals surface area contributed by atoms with E-state index in [1.54, 1.807) is 0 Å². The average molecular weight is 399 g/mol. The third-order valence-corrected chi connectivity index (χ3v) is 7.99. The fourth-order valence-corrected chi connectivity index (χ4v) is 6.44. The van der Waals surface area contributed by atoms with Crippen molar-refractivity contribution < 1.29 is 8.42 Å². The molecule has 2 heterocycles. The second-order valence-electron chi connectivity index (χ2n) is 7.98. The van der Waals surface area contributed by atoms with Crippen molar-refractivity contribution >= 4 is 42.8 Å². The van der Waals surface area contributed by atoms with Crippen LogP contribution < -0.4 is 9.62 Å². The summed E-state index contributed by atoms with van der Waals surface area (Å²) in [5.41, 5.74) is 2.03. The number of anilines is 2. The Hall–Kier alpha value is -2.05. The Morgan fingerprint density at radius 3 is 2.59 bits per heavy atom. The van der Waals surface area contributed by atoms with Gasteiger partial charge in [-0.05, 0) is 34.9 Å². The standard InChI is InChI=1S/C21H22N2O2S2/c1-21(15-7-5-8-16(10-15)22-27(2,24)25)18-11-23(12-19(18)21)20-17-9-4-3-6-14(17)13-26-20/h3-10,13,18-19,22H,11-12H2,1-2H3. The van der Waals surface area contributed by atoms with Gasteiger partial charge in [0.05, 0.1) is 11.3 Å². The van der Waals surface area contributed by atoms with Gasteiger partial charge in [-0.15, -0.1) is 11.3 Å². The zero-order valence-electron chi connectivity index (χ0n) is 15.3. The molecule has 5 rings (SSSR count). The number of fused-ring (bicyclic) bond motifs is 2. The van der Waals surface area contributed by atoms with E-state index in [1.165, 1.54) is 27.6 Å². The molecule has 0 amide bonds. The molecule has 0 radical (unpaired) electrons. The van der Waals surface area contributed by atoms with Gasteiger partial charge >= 0.3 is 0 Å². The lowest BCUT2D eigenvalue weighted by molar-refractivity contribution is 0.597. The number of hydrogen-bond donors (Lipinski definition) is 1. The molecule has 0 bridgehead atoms. The molecule has 6 heteroatoms. The van der Waals surface area contributed by atoms with Gasteiger partial charge in [0.1, 0.15) is 0 Å². The summed E-state index contributed by atoms with van der Waals surface area (Å²) in [4.78, 5) is 2.53. The van der Waals surface area contributed by atoms with Crippen LogP contribution in [-0.4, -0.2) is 27.8 Å². The lowest BCUT2D eigenvalue weighted by Crippen LogP contribution is -2.28. The van der Waals surface area contributed by atoms with Crippen LogP contribution in [0, 0.1) is 11.8 Å². The van der Waals surface area contributed by atoms with Gasteiger partial charge in [0.25, 0.3) is 0 Å². The average Bonchev–Trinajstić information content (AvgIpc) is 3.02. The normalized spacial score (nSPS) is 27.0. The number of hydrogen-bond acceptors (Lipinski definition) is 4. The van der Waals surface area contributed by atoms with Gasteiger partial charge in [-0.25, -0.2) is 8.42 Å². The van der Waals surface area contributed by atoms with E-state index in [4.69, 9.17) is 0 Å². The van der Waals surface area contributed by atoms with Crippen molar-refractivity contribution in [2.24, 2.45) is 11.8 Å².